The number of nitrogens with zero attached hydrogens (tertiary/aromatic N) is 1. The molecule has 1 aromatic heterocycles. The minimum Gasteiger partial charge on any atom is -0.349 e. The van der Waals surface area contributed by atoms with Crippen LogP contribution in [0.25, 0.3) is 22.0 Å². The van der Waals surface area contributed by atoms with Crippen molar-refractivity contribution >= 4 is 16.8 Å². The summed E-state index contributed by atoms with van der Waals surface area (Å²) in [4.78, 5) is 12.3. The van der Waals surface area contributed by atoms with Crippen molar-refractivity contribution < 1.29 is 9.18 Å². The highest BCUT2D eigenvalue weighted by Crippen LogP contribution is 2.36. The summed E-state index contributed by atoms with van der Waals surface area (Å²) in [5.74, 6) is 0.0944. The number of carbonyl (C=O) groups excluding carboxylic acids is 1. The summed E-state index contributed by atoms with van der Waals surface area (Å²) in [5, 5.41) is 3.70. The fraction of sp³-hybridized carbons (Fsp3) is 0.286. The Hall–Kier alpha value is -2.62. The van der Waals surface area contributed by atoms with Gasteiger partial charge in [-0.3, -0.25) is 4.79 Å². The number of carbonyl (C=O) groups is 1. The molecule has 0 saturated carbocycles. The van der Waals surface area contributed by atoms with Gasteiger partial charge in [-0.2, -0.15) is 0 Å². The number of aromatic nitrogens is 1. The Morgan fingerprint density at radius 3 is 2.56 bits per heavy atom. The van der Waals surface area contributed by atoms with Gasteiger partial charge in [0.25, 0.3) is 5.91 Å². The van der Waals surface area contributed by atoms with E-state index in [1.54, 1.807) is 6.07 Å². The molecule has 4 rings (SSSR count). The van der Waals surface area contributed by atoms with E-state index in [9.17, 15) is 9.18 Å². The number of aryl methyl sites for hydroxylation is 1. The normalized spacial score (nSPS) is 14.0. The molecule has 2 heterocycles. The molecule has 3 nitrogen and oxygen atoms in total. The van der Waals surface area contributed by atoms with Gasteiger partial charge in [0.1, 0.15) is 11.5 Å². The summed E-state index contributed by atoms with van der Waals surface area (Å²) in [6.07, 6.45) is 0. The molecule has 1 N–H and O–H groups in total. The summed E-state index contributed by atoms with van der Waals surface area (Å²) >= 11 is 0. The van der Waals surface area contributed by atoms with Crippen molar-refractivity contribution in [3.05, 3.63) is 59.0 Å². The molecule has 0 spiro atoms. The number of benzene rings is 2. The van der Waals surface area contributed by atoms with Gasteiger partial charge in [0.05, 0.1) is 5.52 Å². The van der Waals surface area contributed by atoms with Crippen LogP contribution in [0.15, 0.2) is 36.4 Å². The Labute approximate surface area is 146 Å². The second kappa shape index (κ2) is 5.73. The van der Waals surface area contributed by atoms with E-state index in [0.29, 0.717) is 24.7 Å². The molecular formula is C21H21FN2O. The van der Waals surface area contributed by atoms with Crippen LogP contribution in [0.5, 0.6) is 0 Å². The monoisotopic (exact) mass is 336 g/mol. The molecule has 0 saturated heterocycles. The van der Waals surface area contributed by atoms with E-state index >= 15 is 0 Å². The molecule has 3 aromatic rings. The van der Waals surface area contributed by atoms with Crippen LogP contribution in [-0.4, -0.2) is 17.0 Å². The van der Waals surface area contributed by atoms with Gasteiger partial charge in [0, 0.05) is 24.0 Å². The van der Waals surface area contributed by atoms with Crippen LogP contribution in [0.1, 0.15) is 41.4 Å². The van der Waals surface area contributed by atoms with E-state index < -0.39 is 0 Å². The Morgan fingerprint density at radius 2 is 1.88 bits per heavy atom. The third-order valence-electron chi connectivity index (χ3n) is 5.10. The van der Waals surface area contributed by atoms with Gasteiger partial charge in [-0.25, -0.2) is 4.39 Å². The van der Waals surface area contributed by atoms with Crippen LogP contribution in [0.3, 0.4) is 0 Å². The number of nitrogens with one attached hydrogen (secondary N) is 1. The van der Waals surface area contributed by atoms with E-state index in [2.05, 4.69) is 31.3 Å². The maximum absolute atomic E-state index is 14.3. The summed E-state index contributed by atoms with van der Waals surface area (Å²) in [5.41, 5.74) is 5.50. The fourth-order valence-corrected chi connectivity index (χ4v) is 3.77. The van der Waals surface area contributed by atoms with Crippen LogP contribution >= 0.6 is 0 Å². The molecule has 4 heteroatoms. The summed E-state index contributed by atoms with van der Waals surface area (Å²) in [6, 6.07) is 11.4. The van der Waals surface area contributed by atoms with E-state index in [4.69, 9.17) is 0 Å². The molecule has 1 aliphatic heterocycles. The van der Waals surface area contributed by atoms with E-state index in [1.165, 1.54) is 11.6 Å². The van der Waals surface area contributed by atoms with Crippen molar-refractivity contribution in [3.63, 3.8) is 0 Å². The largest absolute Gasteiger partial charge is 0.349 e. The van der Waals surface area contributed by atoms with Gasteiger partial charge in [0.2, 0.25) is 0 Å². The first-order valence-electron chi connectivity index (χ1n) is 8.68. The average Bonchev–Trinajstić information content (AvgIpc) is 2.88. The van der Waals surface area contributed by atoms with Crippen molar-refractivity contribution in [2.45, 2.75) is 33.2 Å². The van der Waals surface area contributed by atoms with Crippen LogP contribution in [-0.2, 0) is 6.54 Å². The van der Waals surface area contributed by atoms with Crippen LogP contribution in [0.2, 0.25) is 0 Å². The van der Waals surface area contributed by atoms with E-state index in [1.807, 2.05) is 23.6 Å². The number of rotatable bonds is 2. The topological polar surface area (TPSA) is 34.0 Å². The number of halogens is 1. The molecule has 0 atom stereocenters. The second-order valence-electron chi connectivity index (χ2n) is 7.01. The lowest BCUT2D eigenvalue weighted by molar-refractivity contribution is 0.0928. The van der Waals surface area contributed by atoms with Crippen molar-refractivity contribution in [1.29, 1.82) is 0 Å². The van der Waals surface area contributed by atoms with Gasteiger partial charge in [-0.15, -0.1) is 0 Å². The SMILES string of the molecule is Cc1c2n(c3c(-c4ccc(C(C)C)cc4)cc(F)cc13)CCNC2=O. The molecule has 0 radical (unpaired) electrons. The van der Waals surface area contributed by atoms with E-state index in [0.717, 1.165) is 27.6 Å². The van der Waals surface area contributed by atoms with Crippen molar-refractivity contribution in [1.82, 2.24) is 9.88 Å². The van der Waals surface area contributed by atoms with E-state index in [-0.39, 0.29) is 11.7 Å². The van der Waals surface area contributed by atoms with Crippen molar-refractivity contribution in [3.8, 4) is 11.1 Å². The first-order chi connectivity index (χ1) is 12.0. The lowest BCUT2D eigenvalue weighted by Gasteiger charge is -2.18. The molecule has 0 unspecified atom stereocenters. The van der Waals surface area contributed by atoms with Crippen molar-refractivity contribution in [2.24, 2.45) is 0 Å². The van der Waals surface area contributed by atoms with Gasteiger partial charge in [0.15, 0.2) is 0 Å². The third-order valence-corrected chi connectivity index (χ3v) is 5.10. The van der Waals surface area contributed by atoms with Gasteiger partial charge in [-0.1, -0.05) is 38.1 Å². The highest BCUT2D eigenvalue weighted by atomic mass is 19.1. The van der Waals surface area contributed by atoms with Gasteiger partial charge < -0.3 is 9.88 Å². The van der Waals surface area contributed by atoms with Crippen molar-refractivity contribution in [2.75, 3.05) is 6.54 Å². The van der Waals surface area contributed by atoms with Crippen LogP contribution < -0.4 is 5.32 Å². The maximum Gasteiger partial charge on any atom is 0.268 e. The highest BCUT2D eigenvalue weighted by molar-refractivity contribution is 6.06. The minimum atomic E-state index is -0.276. The molecule has 128 valence electrons. The second-order valence-corrected chi connectivity index (χ2v) is 7.01. The molecular weight excluding hydrogens is 315 g/mol. The zero-order valence-corrected chi connectivity index (χ0v) is 14.7. The Balaban J connectivity index is 2.01. The predicted molar refractivity (Wildman–Crippen MR) is 98.5 cm³/mol. The fourth-order valence-electron chi connectivity index (χ4n) is 3.77. The summed E-state index contributed by atoms with van der Waals surface area (Å²) in [6.45, 7) is 7.50. The Bertz CT molecular complexity index is 984. The number of amides is 1. The number of fused-ring (bicyclic) bond motifs is 3. The summed E-state index contributed by atoms with van der Waals surface area (Å²) < 4.78 is 16.4. The average molecular weight is 336 g/mol. The van der Waals surface area contributed by atoms with Gasteiger partial charge in [-0.05, 0) is 41.7 Å². The third kappa shape index (κ3) is 2.44. The summed E-state index contributed by atoms with van der Waals surface area (Å²) in [7, 11) is 0. The number of hydrogen-bond donors (Lipinski definition) is 1. The quantitative estimate of drug-likeness (QED) is 0.728. The maximum atomic E-state index is 14.3. The lowest BCUT2D eigenvalue weighted by atomic mass is 9.97. The molecule has 0 fully saturated rings. The first-order valence-corrected chi connectivity index (χ1v) is 8.68. The molecule has 1 aliphatic rings. The van der Waals surface area contributed by atoms with Crippen LogP contribution in [0.4, 0.5) is 4.39 Å². The minimum absolute atomic E-state index is 0.0820. The standard InChI is InChI=1S/C21H21FN2O/c1-12(2)14-4-6-15(7-5-14)18-11-16(22)10-17-13(3)19-21(25)23-8-9-24(19)20(17)18/h4-7,10-12H,8-9H2,1-3H3,(H,23,25). The lowest BCUT2D eigenvalue weighted by Crippen LogP contribution is -2.35. The van der Waals surface area contributed by atoms with Gasteiger partial charge >= 0.3 is 0 Å². The predicted octanol–water partition coefficient (Wildman–Crippen LogP) is 4.62. The molecule has 25 heavy (non-hydrogen) atoms. The first kappa shape index (κ1) is 15.9. The zero-order chi connectivity index (χ0) is 17.7. The number of hydrogen-bond acceptors (Lipinski definition) is 1. The Morgan fingerprint density at radius 1 is 1.16 bits per heavy atom. The Kier molecular flexibility index (Phi) is 3.64. The van der Waals surface area contributed by atoms with Crippen LogP contribution in [0, 0.1) is 12.7 Å². The molecule has 0 aliphatic carbocycles. The zero-order valence-electron chi connectivity index (χ0n) is 14.7. The smallest absolute Gasteiger partial charge is 0.268 e. The highest BCUT2D eigenvalue weighted by Gasteiger charge is 2.25. The molecule has 2 aromatic carbocycles. The molecule has 0 bridgehead atoms. The molecule has 1 amide bonds.